The second-order valence-electron chi connectivity index (χ2n) is 11.2. The molecule has 0 aromatic heterocycles. The lowest BCUT2D eigenvalue weighted by molar-refractivity contribution is 0.0935. The van der Waals surface area contributed by atoms with Gasteiger partial charge < -0.3 is 16.0 Å². The maximum atomic E-state index is 13.5. The van der Waals surface area contributed by atoms with E-state index < -0.39 is 0 Å². The molecule has 0 radical (unpaired) electrons. The third-order valence-corrected chi connectivity index (χ3v) is 8.22. The third-order valence-electron chi connectivity index (χ3n) is 7.97. The van der Waals surface area contributed by atoms with Crippen LogP contribution in [0.5, 0.6) is 0 Å². The number of aryl methyl sites for hydroxylation is 1. The molecule has 5 aromatic rings. The molecule has 43 heavy (non-hydrogen) atoms. The third kappa shape index (κ3) is 8.55. The van der Waals surface area contributed by atoms with Gasteiger partial charge in [0.1, 0.15) is 0 Å². The van der Waals surface area contributed by atoms with E-state index in [1.165, 1.54) is 27.5 Å². The number of carbonyl (C=O) groups is 1. The van der Waals surface area contributed by atoms with Crippen LogP contribution in [0, 0.1) is 0 Å². The molecule has 4 nitrogen and oxygen atoms in total. The molecule has 0 saturated carbocycles. The Balaban J connectivity index is 1.31. The Morgan fingerprint density at radius 2 is 1.28 bits per heavy atom. The standard InChI is InChI=1S/C38H40ClN3O/c1-3-27-8-13-31(14-9-27)32-16-18-33(19-17-32)38(43)42-37(24-29-10-15-30-6-4-5-7-34(30)22-29)26-41-36(25-40-2)23-28-11-20-35(39)21-12-28/h4-22,36-37,40-41H,3,23-26H2,1-2H3,(H,42,43)/t36-,37+/m0/s1. The number of carbonyl (C=O) groups excluding carboxylic acids is 1. The van der Waals surface area contributed by atoms with E-state index in [-0.39, 0.29) is 18.0 Å². The normalized spacial score (nSPS) is 12.6. The van der Waals surface area contributed by atoms with Crippen LogP contribution in [0.25, 0.3) is 21.9 Å². The topological polar surface area (TPSA) is 53.2 Å². The van der Waals surface area contributed by atoms with Crippen molar-refractivity contribution in [3.8, 4) is 11.1 Å². The fourth-order valence-electron chi connectivity index (χ4n) is 5.52. The molecule has 0 bridgehead atoms. The van der Waals surface area contributed by atoms with Crippen LogP contribution in [-0.2, 0) is 19.3 Å². The average molecular weight is 590 g/mol. The molecule has 2 atom stereocenters. The number of hydrogen-bond acceptors (Lipinski definition) is 3. The van der Waals surface area contributed by atoms with Gasteiger partial charge in [-0.15, -0.1) is 0 Å². The van der Waals surface area contributed by atoms with Crippen LogP contribution in [-0.4, -0.2) is 38.1 Å². The Hall–Kier alpha value is -3.96. The predicted molar refractivity (Wildman–Crippen MR) is 181 cm³/mol. The molecule has 0 fully saturated rings. The van der Waals surface area contributed by atoms with Gasteiger partial charge in [0, 0.05) is 35.8 Å². The molecule has 0 saturated heterocycles. The molecule has 3 N–H and O–H groups in total. The summed E-state index contributed by atoms with van der Waals surface area (Å²) in [7, 11) is 1.96. The molecule has 5 aromatic carbocycles. The van der Waals surface area contributed by atoms with Gasteiger partial charge in [-0.25, -0.2) is 0 Å². The maximum absolute atomic E-state index is 13.5. The van der Waals surface area contributed by atoms with Crippen molar-refractivity contribution in [3.05, 3.63) is 143 Å². The second kappa shape index (κ2) is 15.0. The van der Waals surface area contributed by atoms with Crippen molar-refractivity contribution in [2.75, 3.05) is 20.1 Å². The summed E-state index contributed by atoms with van der Waals surface area (Å²) in [5.41, 5.74) is 6.64. The van der Waals surface area contributed by atoms with Crippen molar-refractivity contribution >= 4 is 28.3 Å². The van der Waals surface area contributed by atoms with Gasteiger partial charge >= 0.3 is 0 Å². The van der Waals surface area contributed by atoms with E-state index >= 15 is 0 Å². The highest BCUT2D eigenvalue weighted by molar-refractivity contribution is 6.30. The van der Waals surface area contributed by atoms with E-state index in [0.29, 0.717) is 12.1 Å². The van der Waals surface area contributed by atoms with Crippen molar-refractivity contribution in [2.45, 2.75) is 38.3 Å². The van der Waals surface area contributed by atoms with Crippen LogP contribution < -0.4 is 16.0 Å². The van der Waals surface area contributed by atoms with E-state index in [0.717, 1.165) is 42.0 Å². The van der Waals surface area contributed by atoms with Gasteiger partial charge in [-0.2, -0.15) is 0 Å². The quantitative estimate of drug-likeness (QED) is 0.133. The molecule has 0 aliphatic heterocycles. The van der Waals surface area contributed by atoms with Gasteiger partial charge in [-0.3, -0.25) is 4.79 Å². The van der Waals surface area contributed by atoms with Crippen LogP contribution in [0.3, 0.4) is 0 Å². The summed E-state index contributed by atoms with van der Waals surface area (Å²) < 4.78 is 0. The zero-order valence-electron chi connectivity index (χ0n) is 24.9. The minimum atomic E-state index is -0.0977. The Bertz CT molecular complexity index is 1610. The molecule has 0 unspecified atom stereocenters. The zero-order valence-corrected chi connectivity index (χ0v) is 25.7. The maximum Gasteiger partial charge on any atom is 0.251 e. The summed E-state index contributed by atoms with van der Waals surface area (Å²) in [4.78, 5) is 13.5. The highest BCUT2D eigenvalue weighted by atomic mass is 35.5. The van der Waals surface area contributed by atoms with Gasteiger partial charge in [0.15, 0.2) is 0 Å². The summed E-state index contributed by atoms with van der Waals surface area (Å²) in [5.74, 6) is -0.0664. The molecule has 0 aliphatic rings. The minimum Gasteiger partial charge on any atom is -0.348 e. The van der Waals surface area contributed by atoms with Crippen molar-refractivity contribution in [2.24, 2.45) is 0 Å². The van der Waals surface area contributed by atoms with E-state index in [4.69, 9.17) is 11.6 Å². The first-order valence-electron chi connectivity index (χ1n) is 15.1. The minimum absolute atomic E-state index is 0.0664. The molecule has 1 amide bonds. The van der Waals surface area contributed by atoms with E-state index in [1.807, 2.05) is 43.4 Å². The molecule has 220 valence electrons. The van der Waals surface area contributed by atoms with Crippen LogP contribution in [0.2, 0.25) is 5.02 Å². The highest BCUT2D eigenvalue weighted by Gasteiger charge is 2.18. The first-order valence-corrected chi connectivity index (χ1v) is 15.5. The van der Waals surface area contributed by atoms with E-state index in [1.54, 1.807) is 0 Å². The van der Waals surface area contributed by atoms with E-state index in [2.05, 4.69) is 102 Å². The largest absolute Gasteiger partial charge is 0.348 e. The lowest BCUT2D eigenvalue weighted by Gasteiger charge is -2.25. The van der Waals surface area contributed by atoms with Crippen molar-refractivity contribution in [1.82, 2.24) is 16.0 Å². The Kier molecular flexibility index (Phi) is 10.6. The lowest BCUT2D eigenvalue weighted by atomic mass is 9.99. The van der Waals surface area contributed by atoms with Gasteiger partial charge in [0.05, 0.1) is 0 Å². The second-order valence-corrected chi connectivity index (χ2v) is 11.6. The summed E-state index contributed by atoms with van der Waals surface area (Å²) in [6.07, 6.45) is 2.60. The lowest BCUT2D eigenvalue weighted by Crippen LogP contribution is -2.48. The highest BCUT2D eigenvalue weighted by Crippen LogP contribution is 2.21. The van der Waals surface area contributed by atoms with Gasteiger partial charge in [-0.05, 0) is 89.2 Å². The number of amides is 1. The van der Waals surface area contributed by atoms with Crippen molar-refractivity contribution in [3.63, 3.8) is 0 Å². The predicted octanol–water partition coefficient (Wildman–Crippen LogP) is 7.48. The molecule has 0 spiro atoms. The summed E-state index contributed by atoms with van der Waals surface area (Å²) >= 11 is 6.11. The molecular weight excluding hydrogens is 550 g/mol. The number of nitrogens with one attached hydrogen (secondary N) is 3. The number of fused-ring (bicyclic) bond motifs is 1. The zero-order chi connectivity index (χ0) is 30.0. The van der Waals surface area contributed by atoms with Crippen LogP contribution in [0.4, 0.5) is 0 Å². The fraction of sp³-hybridized carbons (Fsp3) is 0.237. The number of halogens is 1. The molecule has 0 heterocycles. The monoisotopic (exact) mass is 589 g/mol. The average Bonchev–Trinajstić information content (AvgIpc) is 3.04. The first-order chi connectivity index (χ1) is 21.0. The number of benzene rings is 5. The van der Waals surface area contributed by atoms with Gasteiger partial charge in [-0.1, -0.05) is 110 Å². The smallest absolute Gasteiger partial charge is 0.251 e. The Morgan fingerprint density at radius 1 is 0.674 bits per heavy atom. The van der Waals surface area contributed by atoms with Crippen LogP contribution in [0.15, 0.2) is 115 Å². The van der Waals surface area contributed by atoms with Crippen molar-refractivity contribution < 1.29 is 4.79 Å². The molecular formula is C38H40ClN3O. The first kappa shape index (κ1) is 30.5. The van der Waals surface area contributed by atoms with E-state index in [9.17, 15) is 4.79 Å². The summed E-state index contributed by atoms with van der Waals surface area (Å²) in [6.45, 7) is 3.60. The number of hydrogen-bond donors (Lipinski definition) is 3. The molecule has 5 heteroatoms. The van der Waals surface area contributed by atoms with Gasteiger partial charge in [0.25, 0.3) is 5.91 Å². The SMILES string of the molecule is CCc1ccc(-c2ccc(C(=O)N[C@@H](CN[C@H](CNC)Cc3ccc(Cl)cc3)Cc3ccc4ccccc4c3)cc2)cc1. The van der Waals surface area contributed by atoms with Crippen LogP contribution in [0.1, 0.15) is 34.0 Å². The molecule has 0 aliphatic carbocycles. The van der Waals surface area contributed by atoms with Crippen LogP contribution >= 0.6 is 11.6 Å². The fourth-order valence-corrected chi connectivity index (χ4v) is 5.64. The number of likely N-dealkylation sites (N-methyl/N-ethyl adjacent to an activating group) is 1. The Morgan fingerprint density at radius 3 is 1.95 bits per heavy atom. The Labute approximate surface area is 260 Å². The van der Waals surface area contributed by atoms with Gasteiger partial charge in [0.2, 0.25) is 0 Å². The van der Waals surface area contributed by atoms with Crippen molar-refractivity contribution in [1.29, 1.82) is 0 Å². The number of rotatable bonds is 13. The molecule has 5 rings (SSSR count). The summed E-state index contributed by atoms with van der Waals surface area (Å²) in [6, 6.07) is 39.6. The summed E-state index contributed by atoms with van der Waals surface area (Å²) in [5, 5.41) is 13.5.